The second kappa shape index (κ2) is 8.16. The second-order valence-corrected chi connectivity index (χ2v) is 7.95. The number of alkyl halides is 3. The van der Waals surface area contributed by atoms with Gasteiger partial charge in [-0.2, -0.15) is 13.2 Å². The fraction of sp³-hybridized carbons (Fsp3) is 0.550. The molecule has 1 spiro atoms. The maximum atomic E-state index is 13.4. The first-order valence-electron chi connectivity index (χ1n) is 9.86. The highest BCUT2D eigenvalue weighted by atomic mass is 19.4. The number of carbonyl (C=O) groups is 3. The molecule has 1 heterocycles. The lowest BCUT2D eigenvalue weighted by Gasteiger charge is -2.30. The Morgan fingerprint density at radius 1 is 1.20 bits per heavy atom. The Kier molecular flexibility index (Phi) is 5.96. The highest BCUT2D eigenvalue weighted by Gasteiger charge is 2.51. The average Bonchev–Trinajstić information content (AvgIpc) is 2.89. The molecule has 1 saturated heterocycles. The van der Waals surface area contributed by atoms with E-state index in [1.807, 2.05) is 0 Å². The zero-order valence-electron chi connectivity index (χ0n) is 16.9. The third-order valence-corrected chi connectivity index (χ3v) is 5.61. The number of hydrogen-bond donors (Lipinski definition) is 2. The largest absolute Gasteiger partial charge is 0.418 e. The number of benzene rings is 1. The van der Waals surface area contributed by atoms with Gasteiger partial charge in [0.1, 0.15) is 5.54 Å². The van der Waals surface area contributed by atoms with Gasteiger partial charge in [0.25, 0.3) is 5.91 Å². The molecule has 0 atom stereocenters. The molecule has 4 amide bonds. The molecule has 0 bridgehead atoms. The van der Waals surface area contributed by atoms with Crippen LogP contribution in [0.25, 0.3) is 0 Å². The van der Waals surface area contributed by atoms with E-state index in [4.69, 9.17) is 0 Å². The number of halogens is 3. The molecule has 2 aliphatic rings. The van der Waals surface area contributed by atoms with Gasteiger partial charge in [0.15, 0.2) is 0 Å². The normalized spacial score (nSPS) is 18.5. The monoisotopic (exact) mass is 426 g/mol. The van der Waals surface area contributed by atoms with E-state index in [0.29, 0.717) is 18.5 Å². The van der Waals surface area contributed by atoms with E-state index in [0.717, 1.165) is 30.2 Å². The first-order valence-corrected chi connectivity index (χ1v) is 9.86. The van der Waals surface area contributed by atoms with Crippen molar-refractivity contribution in [3.63, 3.8) is 0 Å². The summed E-state index contributed by atoms with van der Waals surface area (Å²) in [6.45, 7) is -0.185. The molecule has 30 heavy (non-hydrogen) atoms. The number of anilines is 2. The van der Waals surface area contributed by atoms with E-state index in [2.05, 4.69) is 10.6 Å². The smallest absolute Gasteiger partial charge is 0.378 e. The Hall–Kier alpha value is -2.78. The fourth-order valence-corrected chi connectivity index (χ4v) is 3.95. The summed E-state index contributed by atoms with van der Waals surface area (Å²) in [5.74, 6) is -1.06. The van der Waals surface area contributed by atoms with Gasteiger partial charge in [-0.3, -0.25) is 14.5 Å². The summed E-state index contributed by atoms with van der Waals surface area (Å²) in [6, 6.07) is 3.07. The summed E-state index contributed by atoms with van der Waals surface area (Å²) >= 11 is 0. The standard InChI is InChI=1S/C20H25F3N4O3/c1-26(2)13-6-7-15(14(12-13)20(21,22)23)24-16(28)8-11-27-17(29)19(25-18(27)30)9-4-3-5-10-19/h6-7,12H,3-5,8-11H2,1-2H3,(H,24,28)(H,25,30). The predicted molar refractivity (Wildman–Crippen MR) is 105 cm³/mol. The lowest BCUT2D eigenvalue weighted by Crippen LogP contribution is -2.48. The van der Waals surface area contributed by atoms with Crippen LogP contribution in [-0.4, -0.2) is 48.9 Å². The van der Waals surface area contributed by atoms with Crippen molar-refractivity contribution in [3.05, 3.63) is 23.8 Å². The van der Waals surface area contributed by atoms with Crippen molar-refractivity contribution in [1.29, 1.82) is 0 Å². The minimum atomic E-state index is -4.65. The molecule has 0 radical (unpaired) electrons. The van der Waals surface area contributed by atoms with Crippen molar-refractivity contribution >= 4 is 29.2 Å². The Morgan fingerprint density at radius 3 is 2.47 bits per heavy atom. The van der Waals surface area contributed by atoms with E-state index in [-0.39, 0.29) is 24.6 Å². The topological polar surface area (TPSA) is 81.8 Å². The summed E-state index contributed by atoms with van der Waals surface area (Å²) in [5.41, 5.74) is -1.87. The summed E-state index contributed by atoms with van der Waals surface area (Å²) < 4.78 is 40.2. The van der Waals surface area contributed by atoms with Crippen LogP contribution in [0.3, 0.4) is 0 Å². The van der Waals surface area contributed by atoms with Crippen LogP contribution in [0.2, 0.25) is 0 Å². The molecule has 1 aromatic carbocycles. The quantitative estimate of drug-likeness (QED) is 0.708. The Bertz CT molecular complexity index is 848. The van der Waals surface area contributed by atoms with Crippen LogP contribution in [0, 0.1) is 0 Å². The molecule has 1 aromatic rings. The number of nitrogens with zero attached hydrogens (tertiary/aromatic N) is 2. The van der Waals surface area contributed by atoms with Crippen molar-refractivity contribution in [1.82, 2.24) is 10.2 Å². The van der Waals surface area contributed by atoms with Gasteiger partial charge in [-0.25, -0.2) is 4.79 Å². The minimum absolute atomic E-state index is 0.185. The third kappa shape index (κ3) is 4.36. The molecule has 0 aromatic heterocycles. The Morgan fingerprint density at radius 2 is 1.87 bits per heavy atom. The molecule has 2 fully saturated rings. The van der Waals surface area contributed by atoms with Gasteiger partial charge in [-0.1, -0.05) is 19.3 Å². The zero-order valence-corrected chi connectivity index (χ0v) is 16.9. The number of amides is 4. The SMILES string of the molecule is CN(C)c1ccc(NC(=O)CCN2C(=O)NC3(CCCCC3)C2=O)c(C(F)(F)F)c1. The van der Waals surface area contributed by atoms with E-state index in [9.17, 15) is 27.6 Å². The molecular weight excluding hydrogens is 401 g/mol. The summed E-state index contributed by atoms with van der Waals surface area (Å²) in [4.78, 5) is 39.7. The van der Waals surface area contributed by atoms with Crippen LogP contribution in [0.1, 0.15) is 44.1 Å². The summed E-state index contributed by atoms with van der Waals surface area (Å²) in [6.07, 6.45) is -1.13. The lowest BCUT2D eigenvalue weighted by atomic mass is 9.82. The summed E-state index contributed by atoms with van der Waals surface area (Å²) in [7, 11) is 3.23. The molecule has 2 N–H and O–H groups in total. The molecule has 1 aliphatic carbocycles. The van der Waals surface area contributed by atoms with E-state index < -0.39 is 29.2 Å². The number of rotatable bonds is 5. The van der Waals surface area contributed by atoms with Crippen LogP contribution in [0.5, 0.6) is 0 Å². The maximum Gasteiger partial charge on any atom is 0.418 e. The Balaban J connectivity index is 1.66. The van der Waals surface area contributed by atoms with Gasteiger partial charge in [-0.05, 0) is 31.0 Å². The van der Waals surface area contributed by atoms with E-state index in [1.54, 1.807) is 14.1 Å². The number of imide groups is 1. The van der Waals surface area contributed by atoms with Crippen molar-refractivity contribution in [2.24, 2.45) is 0 Å². The molecule has 1 saturated carbocycles. The van der Waals surface area contributed by atoms with Crippen LogP contribution < -0.4 is 15.5 Å². The van der Waals surface area contributed by atoms with Gasteiger partial charge in [-0.15, -0.1) is 0 Å². The highest BCUT2D eigenvalue weighted by Crippen LogP contribution is 2.37. The Labute approximate surface area is 172 Å². The number of carbonyl (C=O) groups excluding carboxylic acids is 3. The van der Waals surface area contributed by atoms with Crippen molar-refractivity contribution in [2.75, 3.05) is 30.9 Å². The van der Waals surface area contributed by atoms with Crippen LogP contribution >= 0.6 is 0 Å². The summed E-state index contributed by atoms with van der Waals surface area (Å²) in [5, 5.41) is 5.00. The van der Waals surface area contributed by atoms with Gasteiger partial charge in [0, 0.05) is 32.7 Å². The van der Waals surface area contributed by atoms with Gasteiger partial charge < -0.3 is 15.5 Å². The van der Waals surface area contributed by atoms with Gasteiger partial charge in [0.2, 0.25) is 5.91 Å². The van der Waals surface area contributed by atoms with Crippen LogP contribution in [0.15, 0.2) is 18.2 Å². The molecule has 10 heteroatoms. The predicted octanol–water partition coefficient (Wildman–Crippen LogP) is 3.35. The molecule has 1 aliphatic heterocycles. The van der Waals surface area contributed by atoms with Crippen molar-refractivity contribution in [2.45, 2.75) is 50.2 Å². The highest BCUT2D eigenvalue weighted by molar-refractivity contribution is 6.07. The molecule has 3 rings (SSSR count). The molecule has 0 unspecified atom stereocenters. The van der Waals surface area contributed by atoms with Crippen molar-refractivity contribution in [3.8, 4) is 0 Å². The zero-order chi connectivity index (χ0) is 22.1. The molecular formula is C20H25F3N4O3. The molecule has 7 nitrogen and oxygen atoms in total. The lowest BCUT2D eigenvalue weighted by molar-refractivity contribution is -0.137. The van der Waals surface area contributed by atoms with Gasteiger partial charge in [0.05, 0.1) is 11.3 Å². The third-order valence-electron chi connectivity index (χ3n) is 5.61. The maximum absolute atomic E-state index is 13.4. The first-order chi connectivity index (χ1) is 14.0. The number of nitrogens with one attached hydrogen (secondary N) is 2. The van der Waals surface area contributed by atoms with Gasteiger partial charge >= 0.3 is 12.2 Å². The van der Waals surface area contributed by atoms with E-state index >= 15 is 0 Å². The fourth-order valence-electron chi connectivity index (χ4n) is 3.95. The second-order valence-electron chi connectivity index (χ2n) is 7.95. The average molecular weight is 426 g/mol. The first kappa shape index (κ1) is 21.9. The van der Waals surface area contributed by atoms with Crippen LogP contribution in [-0.2, 0) is 15.8 Å². The molecule has 164 valence electrons. The number of hydrogen-bond acceptors (Lipinski definition) is 4. The minimum Gasteiger partial charge on any atom is -0.378 e. The van der Waals surface area contributed by atoms with Crippen molar-refractivity contribution < 1.29 is 27.6 Å². The number of urea groups is 1. The van der Waals surface area contributed by atoms with E-state index in [1.165, 1.54) is 17.0 Å². The van der Waals surface area contributed by atoms with Crippen LogP contribution in [0.4, 0.5) is 29.3 Å².